The topological polar surface area (TPSA) is 12.0 Å². The second-order valence-electron chi connectivity index (χ2n) is 6.08. The first kappa shape index (κ1) is 9.51. The van der Waals surface area contributed by atoms with Crippen LogP contribution in [0.5, 0.6) is 0 Å². The quantitative estimate of drug-likeness (QED) is 0.605. The van der Waals surface area contributed by atoms with Crippen molar-refractivity contribution in [3.05, 3.63) is 0 Å². The second kappa shape index (κ2) is 2.98. The Morgan fingerprint density at radius 3 is 2.31 bits per heavy atom. The summed E-state index contributed by atoms with van der Waals surface area (Å²) in [4.78, 5) is 0. The van der Waals surface area contributed by atoms with Crippen molar-refractivity contribution in [3.8, 4) is 0 Å². The van der Waals surface area contributed by atoms with Crippen LogP contribution in [0.2, 0.25) is 0 Å². The normalized spacial score (nSPS) is 36.7. The van der Waals surface area contributed by atoms with Crippen molar-refractivity contribution >= 4 is 0 Å². The monoisotopic (exact) mass is 181 g/mol. The Morgan fingerprint density at radius 1 is 1.15 bits per heavy atom. The van der Waals surface area contributed by atoms with E-state index in [1.807, 2.05) is 0 Å². The first-order valence-corrected chi connectivity index (χ1v) is 5.79. The molecule has 0 bridgehead atoms. The van der Waals surface area contributed by atoms with Gasteiger partial charge in [-0.25, -0.2) is 0 Å². The molecule has 1 nitrogen and oxygen atoms in total. The van der Waals surface area contributed by atoms with E-state index in [0.29, 0.717) is 11.0 Å². The van der Waals surface area contributed by atoms with Gasteiger partial charge in [0.25, 0.3) is 0 Å². The van der Waals surface area contributed by atoms with Gasteiger partial charge in [0.05, 0.1) is 0 Å². The van der Waals surface area contributed by atoms with Crippen molar-refractivity contribution in [1.29, 1.82) is 0 Å². The SMILES string of the molecule is CC1CC(C)(C)CC2(CCCC2)N1. The van der Waals surface area contributed by atoms with Gasteiger partial charge in [-0.3, -0.25) is 0 Å². The fraction of sp³-hybridized carbons (Fsp3) is 1.00. The number of hydrogen-bond donors (Lipinski definition) is 1. The van der Waals surface area contributed by atoms with Gasteiger partial charge < -0.3 is 5.32 Å². The van der Waals surface area contributed by atoms with Gasteiger partial charge >= 0.3 is 0 Å². The van der Waals surface area contributed by atoms with Gasteiger partial charge in [-0.2, -0.15) is 0 Å². The molecule has 2 aliphatic rings. The standard InChI is InChI=1S/C12H23N/c1-10-8-11(2,3)9-12(13-10)6-4-5-7-12/h10,13H,4-9H2,1-3H3. The zero-order chi connectivity index (χ0) is 9.53. The molecule has 1 aliphatic heterocycles. The maximum atomic E-state index is 3.85. The molecular weight excluding hydrogens is 158 g/mol. The summed E-state index contributed by atoms with van der Waals surface area (Å²) in [6, 6.07) is 0.724. The second-order valence-corrected chi connectivity index (χ2v) is 6.08. The summed E-state index contributed by atoms with van der Waals surface area (Å²) < 4.78 is 0. The van der Waals surface area contributed by atoms with Gasteiger partial charge in [0.1, 0.15) is 0 Å². The fourth-order valence-electron chi connectivity index (χ4n) is 3.81. The molecule has 0 aromatic carbocycles. The fourth-order valence-corrected chi connectivity index (χ4v) is 3.81. The molecule has 1 N–H and O–H groups in total. The Hall–Kier alpha value is -0.0400. The van der Waals surface area contributed by atoms with E-state index >= 15 is 0 Å². The zero-order valence-corrected chi connectivity index (χ0v) is 9.32. The Kier molecular flexibility index (Phi) is 2.18. The van der Waals surface area contributed by atoms with Gasteiger partial charge in [-0.1, -0.05) is 26.7 Å². The lowest BCUT2D eigenvalue weighted by atomic mass is 9.70. The van der Waals surface area contributed by atoms with Gasteiger partial charge in [-0.05, 0) is 38.0 Å². The molecule has 2 fully saturated rings. The average molecular weight is 181 g/mol. The van der Waals surface area contributed by atoms with Crippen molar-refractivity contribution in [3.63, 3.8) is 0 Å². The van der Waals surface area contributed by atoms with Crippen LogP contribution in [0.3, 0.4) is 0 Å². The molecule has 1 saturated heterocycles. The third-order valence-electron chi connectivity index (χ3n) is 3.79. The van der Waals surface area contributed by atoms with E-state index in [2.05, 4.69) is 26.1 Å². The Balaban J connectivity index is 2.12. The summed E-state index contributed by atoms with van der Waals surface area (Å²) in [7, 11) is 0. The van der Waals surface area contributed by atoms with Crippen molar-refractivity contribution in [2.45, 2.75) is 70.9 Å². The van der Waals surface area contributed by atoms with Crippen LogP contribution < -0.4 is 5.32 Å². The van der Waals surface area contributed by atoms with Crippen LogP contribution in [0.1, 0.15) is 59.3 Å². The first-order valence-electron chi connectivity index (χ1n) is 5.79. The van der Waals surface area contributed by atoms with Crippen molar-refractivity contribution in [1.82, 2.24) is 5.32 Å². The molecule has 1 spiro atoms. The minimum atomic E-state index is 0.529. The highest BCUT2D eigenvalue weighted by Crippen LogP contribution is 2.45. The maximum Gasteiger partial charge on any atom is 0.0189 e. The molecule has 2 rings (SSSR count). The molecule has 0 amide bonds. The molecule has 76 valence electrons. The highest BCUT2D eigenvalue weighted by Gasteiger charge is 2.43. The molecule has 1 aliphatic carbocycles. The van der Waals surface area contributed by atoms with Gasteiger partial charge in [0.15, 0.2) is 0 Å². The molecule has 0 aromatic heterocycles. The van der Waals surface area contributed by atoms with E-state index in [-0.39, 0.29) is 0 Å². The molecule has 1 saturated carbocycles. The zero-order valence-electron chi connectivity index (χ0n) is 9.32. The summed E-state index contributed by atoms with van der Waals surface area (Å²) in [5.41, 5.74) is 1.09. The van der Waals surface area contributed by atoms with Crippen molar-refractivity contribution in [2.75, 3.05) is 0 Å². The molecule has 1 heteroatoms. The van der Waals surface area contributed by atoms with E-state index in [1.54, 1.807) is 0 Å². The minimum Gasteiger partial charge on any atom is -0.309 e. The van der Waals surface area contributed by atoms with E-state index < -0.39 is 0 Å². The predicted octanol–water partition coefficient (Wildman–Crippen LogP) is 3.10. The molecule has 13 heavy (non-hydrogen) atoms. The molecule has 0 radical (unpaired) electrons. The number of nitrogens with one attached hydrogen (secondary N) is 1. The van der Waals surface area contributed by atoms with E-state index in [0.717, 1.165) is 6.04 Å². The minimum absolute atomic E-state index is 0.529. The largest absolute Gasteiger partial charge is 0.309 e. The summed E-state index contributed by atoms with van der Waals surface area (Å²) in [5, 5.41) is 3.85. The first-order chi connectivity index (χ1) is 6.02. The van der Waals surface area contributed by atoms with Crippen LogP contribution in [0, 0.1) is 5.41 Å². The number of rotatable bonds is 0. The molecule has 0 aromatic rings. The third kappa shape index (κ3) is 1.90. The highest BCUT2D eigenvalue weighted by atomic mass is 15.0. The van der Waals surface area contributed by atoms with E-state index in [4.69, 9.17) is 0 Å². The highest BCUT2D eigenvalue weighted by molar-refractivity contribution is 5.02. The van der Waals surface area contributed by atoms with Crippen LogP contribution in [-0.2, 0) is 0 Å². The van der Waals surface area contributed by atoms with E-state index in [1.165, 1.54) is 38.5 Å². The van der Waals surface area contributed by atoms with Gasteiger partial charge in [-0.15, -0.1) is 0 Å². The molecule has 1 atom stereocenters. The number of hydrogen-bond acceptors (Lipinski definition) is 1. The van der Waals surface area contributed by atoms with Crippen LogP contribution in [-0.4, -0.2) is 11.6 Å². The lowest BCUT2D eigenvalue weighted by molar-refractivity contribution is 0.103. The van der Waals surface area contributed by atoms with Crippen LogP contribution >= 0.6 is 0 Å². The summed E-state index contributed by atoms with van der Waals surface area (Å²) >= 11 is 0. The number of piperidine rings is 1. The molecule has 1 unspecified atom stereocenters. The van der Waals surface area contributed by atoms with Crippen molar-refractivity contribution in [2.24, 2.45) is 5.41 Å². The summed E-state index contributed by atoms with van der Waals surface area (Å²) in [5.74, 6) is 0. The summed E-state index contributed by atoms with van der Waals surface area (Å²) in [6.45, 7) is 7.22. The Labute approximate surface area is 82.3 Å². The lowest BCUT2D eigenvalue weighted by Crippen LogP contribution is -2.55. The lowest BCUT2D eigenvalue weighted by Gasteiger charge is -2.47. The van der Waals surface area contributed by atoms with E-state index in [9.17, 15) is 0 Å². The Morgan fingerprint density at radius 2 is 1.77 bits per heavy atom. The Bertz CT molecular complexity index is 189. The third-order valence-corrected chi connectivity index (χ3v) is 3.79. The van der Waals surface area contributed by atoms with Gasteiger partial charge in [0, 0.05) is 11.6 Å². The van der Waals surface area contributed by atoms with Crippen LogP contribution in [0.15, 0.2) is 0 Å². The van der Waals surface area contributed by atoms with Gasteiger partial charge in [0.2, 0.25) is 0 Å². The van der Waals surface area contributed by atoms with Crippen molar-refractivity contribution < 1.29 is 0 Å². The molecule has 1 heterocycles. The maximum absolute atomic E-state index is 3.85. The van der Waals surface area contributed by atoms with Crippen LogP contribution in [0.25, 0.3) is 0 Å². The smallest absolute Gasteiger partial charge is 0.0189 e. The average Bonchev–Trinajstić information content (AvgIpc) is 2.31. The predicted molar refractivity (Wildman–Crippen MR) is 56.8 cm³/mol. The summed E-state index contributed by atoms with van der Waals surface area (Å²) in [6.07, 6.45) is 8.45. The van der Waals surface area contributed by atoms with Crippen LogP contribution in [0.4, 0.5) is 0 Å². The molecular formula is C12H23N.